The maximum atomic E-state index is 12.9. The zero-order chi connectivity index (χ0) is 24.2. The van der Waals surface area contributed by atoms with Crippen molar-refractivity contribution in [2.45, 2.75) is 6.92 Å². The Labute approximate surface area is 198 Å². The van der Waals surface area contributed by atoms with Crippen LogP contribution in [0.25, 0.3) is 0 Å². The molecular weight excluding hydrogens is 432 g/mol. The lowest BCUT2D eigenvalue weighted by atomic mass is 10.1. The SMILES string of the molecule is Cc1ccc(NC(=O)c2cnn(C)c2NC(=O)c2ccc(C(=N)N3CCN(C)CC3)cc2)nc1. The molecular formula is C24H28N8O2. The lowest BCUT2D eigenvalue weighted by molar-refractivity contribution is 0.102. The number of aromatic nitrogens is 3. The van der Waals surface area contributed by atoms with E-state index in [4.69, 9.17) is 5.41 Å². The third-order valence-electron chi connectivity index (χ3n) is 5.81. The van der Waals surface area contributed by atoms with Crippen LogP contribution in [-0.2, 0) is 7.05 Å². The highest BCUT2D eigenvalue weighted by molar-refractivity contribution is 6.11. The van der Waals surface area contributed by atoms with Crippen LogP contribution in [0.15, 0.2) is 48.8 Å². The number of piperazine rings is 1. The molecule has 10 nitrogen and oxygen atoms in total. The van der Waals surface area contributed by atoms with Gasteiger partial charge in [-0.25, -0.2) is 4.98 Å². The van der Waals surface area contributed by atoms with E-state index in [1.165, 1.54) is 10.9 Å². The molecule has 3 aromatic rings. The number of nitrogens with one attached hydrogen (secondary N) is 3. The van der Waals surface area contributed by atoms with Gasteiger partial charge < -0.3 is 20.4 Å². The predicted molar refractivity (Wildman–Crippen MR) is 130 cm³/mol. The summed E-state index contributed by atoms with van der Waals surface area (Å²) >= 11 is 0. The molecule has 0 bridgehead atoms. The number of benzene rings is 1. The van der Waals surface area contributed by atoms with Crippen molar-refractivity contribution in [3.05, 3.63) is 71.0 Å². The van der Waals surface area contributed by atoms with Gasteiger partial charge in [-0.05, 0) is 37.7 Å². The van der Waals surface area contributed by atoms with E-state index in [2.05, 4.69) is 32.7 Å². The van der Waals surface area contributed by atoms with Crippen LogP contribution in [-0.4, -0.2) is 75.4 Å². The lowest BCUT2D eigenvalue weighted by Crippen LogP contribution is -2.47. The van der Waals surface area contributed by atoms with Crippen LogP contribution in [0.3, 0.4) is 0 Å². The van der Waals surface area contributed by atoms with E-state index in [0.717, 1.165) is 37.3 Å². The number of carbonyl (C=O) groups is 2. The minimum Gasteiger partial charge on any atom is -0.354 e. The second-order valence-electron chi connectivity index (χ2n) is 8.38. The van der Waals surface area contributed by atoms with Gasteiger partial charge in [0.15, 0.2) is 0 Å². The van der Waals surface area contributed by atoms with Crippen molar-refractivity contribution in [2.75, 3.05) is 43.9 Å². The molecule has 0 saturated carbocycles. The van der Waals surface area contributed by atoms with Crippen molar-refractivity contribution < 1.29 is 9.59 Å². The summed E-state index contributed by atoms with van der Waals surface area (Å²) in [7, 11) is 3.72. The van der Waals surface area contributed by atoms with Gasteiger partial charge in [0, 0.05) is 50.6 Å². The molecule has 176 valence electrons. The Bertz CT molecular complexity index is 1190. The number of rotatable bonds is 5. The van der Waals surface area contributed by atoms with Gasteiger partial charge in [-0.3, -0.25) is 19.7 Å². The van der Waals surface area contributed by atoms with E-state index in [1.54, 1.807) is 43.6 Å². The van der Waals surface area contributed by atoms with Crippen molar-refractivity contribution in [1.82, 2.24) is 24.6 Å². The van der Waals surface area contributed by atoms with Gasteiger partial charge in [0.2, 0.25) is 0 Å². The summed E-state index contributed by atoms with van der Waals surface area (Å²) in [6.07, 6.45) is 3.06. The molecule has 10 heteroatoms. The number of amidine groups is 1. The summed E-state index contributed by atoms with van der Waals surface area (Å²) in [4.78, 5) is 34.1. The van der Waals surface area contributed by atoms with Crippen molar-refractivity contribution in [3.8, 4) is 0 Å². The van der Waals surface area contributed by atoms with Crippen molar-refractivity contribution in [2.24, 2.45) is 7.05 Å². The number of likely N-dealkylation sites (N-methyl/N-ethyl adjacent to an activating group) is 1. The van der Waals surface area contributed by atoms with E-state index in [-0.39, 0.29) is 17.3 Å². The zero-order valence-corrected chi connectivity index (χ0v) is 19.5. The first kappa shape index (κ1) is 23.1. The van der Waals surface area contributed by atoms with Crippen molar-refractivity contribution >= 4 is 29.3 Å². The highest BCUT2D eigenvalue weighted by atomic mass is 16.2. The van der Waals surface area contributed by atoms with Crippen LogP contribution >= 0.6 is 0 Å². The summed E-state index contributed by atoms with van der Waals surface area (Å²) in [5, 5.41) is 18.1. The van der Waals surface area contributed by atoms with Crippen LogP contribution in [0.2, 0.25) is 0 Å². The largest absolute Gasteiger partial charge is 0.354 e. The van der Waals surface area contributed by atoms with Gasteiger partial charge in [0.25, 0.3) is 11.8 Å². The first-order chi connectivity index (χ1) is 16.3. The average molecular weight is 461 g/mol. The van der Waals surface area contributed by atoms with E-state index >= 15 is 0 Å². The van der Waals surface area contributed by atoms with Crippen LogP contribution in [0.5, 0.6) is 0 Å². The third-order valence-corrected chi connectivity index (χ3v) is 5.81. The second kappa shape index (κ2) is 9.84. The summed E-state index contributed by atoms with van der Waals surface area (Å²) in [5.74, 6) is 0.355. The first-order valence-electron chi connectivity index (χ1n) is 11.0. The topological polar surface area (TPSA) is 119 Å². The summed E-state index contributed by atoms with van der Waals surface area (Å²) < 4.78 is 1.44. The highest BCUT2D eigenvalue weighted by Gasteiger charge is 2.21. The van der Waals surface area contributed by atoms with E-state index < -0.39 is 5.91 Å². The number of hydrogen-bond donors (Lipinski definition) is 3. The van der Waals surface area contributed by atoms with Gasteiger partial charge >= 0.3 is 0 Å². The van der Waals surface area contributed by atoms with E-state index in [9.17, 15) is 9.59 Å². The molecule has 0 spiro atoms. The molecule has 1 aliphatic rings. The molecule has 1 aromatic carbocycles. The number of aryl methyl sites for hydroxylation is 2. The Kier molecular flexibility index (Phi) is 6.69. The standard InChI is InChI=1S/C24H28N8O2/c1-16-4-9-20(26-14-16)28-24(34)19-15-27-31(3)22(19)29-23(33)18-7-5-17(6-8-18)21(25)32-12-10-30(2)11-13-32/h4-9,14-15,25H,10-13H2,1-3H3,(H,29,33)(H,26,28,34). The molecule has 0 unspecified atom stereocenters. The number of pyridine rings is 1. The van der Waals surface area contributed by atoms with Gasteiger partial charge in [-0.15, -0.1) is 0 Å². The third kappa shape index (κ3) is 5.12. The van der Waals surface area contributed by atoms with Crippen molar-refractivity contribution in [3.63, 3.8) is 0 Å². The molecule has 2 amide bonds. The molecule has 1 aliphatic heterocycles. The molecule has 1 saturated heterocycles. The fourth-order valence-corrected chi connectivity index (χ4v) is 3.65. The predicted octanol–water partition coefficient (Wildman–Crippen LogP) is 2.20. The fourth-order valence-electron chi connectivity index (χ4n) is 3.65. The maximum Gasteiger partial charge on any atom is 0.262 e. The normalized spacial score (nSPS) is 14.0. The van der Waals surface area contributed by atoms with Crippen LogP contribution in [0, 0.1) is 12.3 Å². The van der Waals surface area contributed by atoms with Crippen LogP contribution < -0.4 is 10.6 Å². The number of carbonyl (C=O) groups excluding carboxylic acids is 2. The molecule has 1 fully saturated rings. The van der Waals surface area contributed by atoms with Crippen LogP contribution in [0.1, 0.15) is 31.8 Å². The maximum absolute atomic E-state index is 12.9. The Morgan fingerprint density at radius 1 is 0.882 bits per heavy atom. The summed E-state index contributed by atoms with van der Waals surface area (Å²) in [6.45, 7) is 5.37. The van der Waals surface area contributed by atoms with Crippen LogP contribution in [0.4, 0.5) is 11.6 Å². The molecule has 0 atom stereocenters. The average Bonchev–Trinajstić information content (AvgIpc) is 3.20. The lowest BCUT2D eigenvalue weighted by Gasteiger charge is -2.34. The Morgan fingerprint density at radius 3 is 2.21 bits per heavy atom. The Morgan fingerprint density at radius 2 is 1.56 bits per heavy atom. The Balaban J connectivity index is 1.43. The quantitative estimate of drug-likeness (QED) is 0.397. The monoisotopic (exact) mass is 460 g/mol. The highest BCUT2D eigenvalue weighted by Crippen LogP contribution is 2.18. The van der Waals surface area contributed by atoms with Gasteiger partial charge in [0.05, 0.1) is 6.20 Å². The minimum absolute atomic E-state index is 0.228. The number of hydrogen-bond acceptors (Lipinski definition) is 6. The van der Waals surface area contributed by atoms with E-state index in [1.807, 2.05) is 17.9 Å². The smallest absolute Gasteiger partial charge is 0.262 e. The molecule has 0 aliphatic carbocycles. The first-order valence-corrected chi connectivity index (χ1v) is 11.0. The second-order valence-corrected chi connectivity index (χ2v) is 8.38. The molecule has 34 heavy (non-hydrogen) atoms. The molecule has 3 heterocycles. The number of anilines is 2. The summed E-state index contributed by atoms with van der Waals surface area (Å²) in [5.41, 5.74) is 2.39. The van der Waals surface area contributed by atoms with Gasteiger partial charge in [-0.1, -0.05) is 18.2 Å². The van der Waals surface area contributed by atoms with Gasteiger partial charge in [0.1, 0.15) is 23.0 Å². The number of nitrogens with zero attached hydrogens (tertiary/aromatic N) is 5. The molecule has 3 N–H and O–H groups in total. The molecule has 0 radical (unpaired) electrons. The fraction of sp³-hybridized carbons (Fsp3) is 0.292. The van der Waals surface area contributed by atoms with Crippen molar-refractivity contribution in [1.29, 1.82) is 5.41 Å². The Hall–Kier alpha value is -4.05. The zero-order valence-electron chi connectivity index (χ0n) is 19.5. The van der Waals surface area contributed by atoms with Gasteiger partial charge in [-0.2, -0.15) is 5.10 Å². The van der Waals surface area contributed by atoms with E-state index in [0.29, 0.717) is 17.2 Å². The molecule has 4 rings (SSSR count). The minimum atomic E-state index is -0.421. The molecule has 2 aromatic heterocycles. The number of amides is 2. The summed E-state index contributed by atoms with van der Waals surface area (Å²) in [6, 6.07) is 10.5.